The van der Waals surface area contributed by atoms with E-state index in [4.69, 9.17) is 11.6 Å². The van der Waals surface area contributed by atoms with Crippen molar-refractivity contribution in [1.82, 2.24) is 0 Å². The molecule has 0 unspecified atom stereocenters. The van der Waals surface area contributed by atoms with E-state index in [9.17, 15) is 9.59 Å². The number of rotatable bonds is 3. The van der Waals surface area contributed by atoms with E-state index in [0.717, 1.165) is 25.1 Å². The fourth-order valence-corrected chi connectivity index (χ4v) is 2.83. The molecule has 0 spiro atoms. The van der Waals surface area contributed by atoms with Crippen LogP contribution in [0.4, 0.5) is 11.4 Å². The lowest BCUT2D eigenvalue weighted by atomic mass is 10.1. The van der Waals surface area contributed by atoms with Crippen LogP contribution in [0.15, 0.2) is 48.5 Å². The summed E-state index contributed by atoms with van der Waals surface area (Å²) in [6, 6.07) is 14.1. The Balaban J connectivity index is 1.71. The molecule has 2 aromatic rings. The molecule has 1 aliphatic rings. The van der Waals surface area contributed by atoms with Crippen LogP contribution in [0.1, 0.15) is 29.6 Å². The molecule has 118 valence electrons. The van der Waals surface area contributed by atoms with Crippen molar-refractivity contribution in [2.45, 2.75) is 19.3 Å². The lowest BCUT2D eigenvalue weighted by molar-refractivity contribution is -0.119. The van der Waals surface area contributed by atoms with Crippen molar-refractivity contribution in [3.8, 4) is 0 Å². The van der Waals surface area contributed by atoms with Crippen molar-refractivity contribution in [2.24, 2.45) is 0 Å². The summed E-state index contributed by atoms with van der Waals surface area (Å²) in [6.45, 7) is 0.743. The molecule has 3 rings (SSSR count). The number of piperidine rings is 1. The first-order valence-electron chi connectivity index (χ1n) is 7.61. The first-order chi connectivity index (χ1) is 11.1. The number of anilines is 2. The van der Waals surface area contributed by atoms with E-state index in [1.165, 1.54) is 0 Å². The van der Waals surface area contributed by atoms with Crippen LogP contribution in [0.3, 0.4) is 0 Å². The number of nitrogens with zero attached hydrogens (tertiary/aromatic N) is 1. The molecule has 5 heteroatoms. The third kappa shape index (κ3) is 3.71. The summed E-state index contributed by atoms with van der Waals surface area (Å²) in [6.07, 6.45) is 2.56. The third-order valence-corrected chi connectivity index (χ3v) is 4.08. The van der Waals surface area contributed by atoms with Crippen LogP contribution >= 0.6 is 11.6 Å². The smallest absolute Gasteiger partial charge is 0.255 e. The normalized spacial score (nSPS) is 14.7. The first-order valence-corrected chi connectivity index (χ1v) is 7.98. The first kappa shape index (κ1) is 15.6. The molecule has 4 nitrogen and oxygen atoms in total. The molecule has 1 heterocycles. The van der Waals surface area contributed by atoms with Crippen molar-refractivity contribution < 1.29 is 9.59 Å². The van der Waals surface area contributed by atoms with Crippen LogP contribution in [0.2, 0.25) is 5.02 Å². The molecule has 23 heavy (non-hydrogen) atoms. The molecule has 0 radical (unpaired) electrons. The number of hydrogen-bond acceptors (Lipinski definition) is 2. The van der Waals surface area contributed by atoms with Gasteiger partial charge in [-0.2, -0.15) is 0 Å². The molecule has 2 amide bonds. The summed E-state index contributed by atoms with van der Waals surface area (Å²) in [5.41, 5.74) is 2.03. The van der Waals surface area contributed by atoms with Crippen LogP contribution in [0.5, 0.6) is 0 Å². The minimum absolute atomic E-state index is 0.146. The Hall–Kier alpha value is -2.33. The van der Waals surface area contributed by atoms with Gasteiger partial charge in [-0.3, -0.25) is 9.59 Å². The van der Waals surface area contributed by atoms with Gasteiger partial charge < -0.3 is 10.2 Å². The molecule has 2 aromatic carbocycles. The van der Waals surface area contributed by atoms with Gasteiger partial charge in [-0.05, 0) is 55.3 Å². The monoisotopic (exact) mass is 328 g/mol. The van der Waals surface area contributed by atoms with E-state index in [1.54, 1.807) is 41.3 Å². The minimum atomic E-state index is -0.205. The largest absolute Gasteiger partial charge is 0.322 e. The molecule has 1 N–H and O–H groups in total. The fourth-order valence-electron chi connectivity index (χ4n) is 2.64. The summed E-state index contributed by atoms with van der Waals surface area (Å²) in [5, 5.41) is 3.37. The SMILES string of the molecule is O=C(Nc1cccc(Cl)c1)c1ccc(N2CCCCC2=O)cc1. The maximum atomic E-state index is 12.2. The maximum Gasteiger partial charge on any atom is 0.255 e. The van der Waals surface area contributed by atoms with E-state index < -0.39 is 0 Å². The van der Waals surface area contributed by atoms with E-state index >= 15 is 0 Å². The molecule has 0 saturated carbocycles. The summed E-state index contributed by atoms with van der Waals surface area (Å²) < 4.78 is 0. The zero-order valence-corrected chi connectivity index (χ0v) is 13.3. The van der Waals surface area contributed by atoms with Crippen molar-refractivity contribution in [3.63, 3.8) is 0 Å². The quantitative estimate of drug-likeness (QED) is 0.921. The Morgan fingerprint density at radius 3 is 2.57 bits per heavy atom. The Morgan fingerprint density at radius 1 is 1.09 bits per heavy atom. The summed E-state index contributed by atoms with van der Waals surface area (Å²) in [5.74, 6) is -0.0591. The van der Waals surface area contributed by atoms with Gasteiger partial charge in [-0.1, -0.05) is 17.7 Å². The maximum absolute atomic E-state index is 12.2. The van der Waals surface area contributed by atoms with Gasteiger partial charge in [0, 0.05) is 34.9 Å². The molecule has 0 aromatic heterocycles. The highest BCUT2D eigenvalue weighted by molar-refractivity contribution is 6.31. The zero-order valence-electron chi connectivity index (χ0n) is 12.6. The molecule has 1 saturated heterocycles. The van der Waals surface area contributed by atoms with Crippen molar-refractivity contribution in [2.75, 3.05) is 16.8 Å². The van der Waals surface area contributed by atoms with Gasteiger partial charge in [0.05, 0.1) is 0 Å². The van der Waals surface area contributed by atoms with Gasteiger partial charge in [0.25, 0.3) is 5.91 Å². The van der Waals surface area contributed by atoms with Crippen molar-refractivity contribution in [3.05, 3.63) is 59.1 Å². The zero-order chi connectivity index (χ0) is 16.2. The van der Waals surface area contributed by atoms with Gasteiger partial charge in [-0.25, -0.2) is 0 Å². The van der Waals surface area contributed by atoms with Gasteiger partial charge in [0.1, 0.15) is 0 Å². The lowest BCUT2D eigenvalue weighted by Gasteiger charge is -2.26. The third-order valence-electron chi connectivity index (χ3n) is 3.85. The van der Waals surface area contributed by atoms with Gasteiger partial charge in [0.2, 0.25) is 5.91 Å². The predicted molar refractivity (Wildman–Crippen MR) is 92.1 cm³/mol. The van der Waals surface area contributed by atoms with E-state index in [-0.39, 0.29) is 11.8 Å². The minimum Gasteiger partial charge on any atom is -0.322 e. The average molecular weight is 329 g/mol. The standard InChI is InChI=1S/C18H17ClN2O2/c19-14-4-3-5-15(12-14)20-18(23)13-7-9-16(10-8-13)21-11-2-1-6-17(21)22/h3-5,7-10,12H,1-2,6,11H2,(H,20,23). The highest BCUT2D eigenvalue weighted by Gasteiger charge is 2.19. The van der Waals surface area contributed by atoms with Crippen LogP contribution in [-0.4, -0.2) is 18.4 Å². The molecule has 0 aliphatic carbocycles. The lowest BCUT2D eigenvalue weighted by Crippen LogP contribution is -2.35. The second-order valence-corrected chi connectivity index (χ2v) is 5.95. The average Bonchev–Trinajstić information content (AvgIpc) is 2.55. The van der Waals surface area contributed by atoms with E-state index in [2.05, 4.69) is 5.32 Å². The summed E-state index contributed by atoms with van der Waals surface area (Å²) in [7, 11) is 0. The van der Waals surface area contributed by atoms with E-state index in [0.29, 0.717) is 22.7 Å². The van der Waals surface area contributed by atoms with E-state index in [1.807, 2.05) is 12.1 Å². The Kier molecular flexibility index (Phi) is 4.63. The van der Waals surface area contributed by atoms with Gasteiger partial charge in [0.15, 0.2) is 0 Å². The van der Waals surface area contributed by atoms with Crippen LogP contribution in [-0.2, 0) is 4.79 Å². The molecular weight excluding hydrogens is 312 g/mol. The number of halogens is 1. The summed E-state index contributed by atoms with van der Waals surface area (Å²) in [4.78, 5) is 25.9. The predicted octanol–water partition coefficient (Wildman–Crippen LogP) is 4.11. The Morgan fingerprint density at radius 2 is 1.87 bits per heavy atom. The molecule has 1 aliphatic heterocycles. The van der Waals surface area contributed by atoms with Gasteiger partial charge >= 0.3 is 0 Å². The topological polar surface area (TPSA) is 49.4 Å². The number of carbonyl (C=O) groups excluding carboxylic acids is 2. The number of hydrogen-bond donors (Lipinski definition) is 1. The molecule has 1 fully saturated rings. The highest BCUT2D eigenvalue weighted by atomic mass is 35.5. The number of nitrogens with one attached hydrogen (secondary N) is 1. The summed E-state index contributed by atoms with van der Waals surface area (Å²) >= 11 is 5.91. The number of benzene rings is 2. The Bertz CT molecular complexity index is 728. The number of amides is 2. The van der Waals surface area contributed by atoms with Crippen LogP contribution in [0, 0.1) is 0 Å². The second-order valence-electron chi connectivity index (χ2n) is 5.51. The highest BCUT2D eigenvalue weighted by Crippen LogP contribution is 2.22. The molecule has 0 atom stereocenters. The molecular formula is C18H17ClN2O2. The van der Waals surface area contributed by atoms with Crippen molar-refractivity contribution >= 4 is 34.8 Å². The Labute approximate surface area is 140 Å². The fraction of sp³-hybridized carbons (Fsp3) is 0.222. The van der Waals surface area contributed by atoms with Gasteiger partial charge in [-0.15, -0.1) is 0 Å². The number of carbonyl (C=O) groups is 2. The second kappa shape index (κ2) is 6.84. The van der Waals surface area contributed by atoms with Crippen LogP contribution in [0.25, 0.3) is 0 Å². The molecule has 0 bridgehead atoms. The van der Waals surface area contributed by atoms with Crippen LogP contribution < -0.4 is 10.2 Å². The van der Waals surface area contributed by atoms with Crippen molar-refractivity contribution in [1.29, 1.82) is 0 Å².